The van der Waals surface area contributed by atoms with Gasteiger partial charge in [-0.15, -0.1) is 5.10 Å². The molecule has 1 N–H and O–H groups in total. The van der Waals surface area contributed by atoms with Crippen LogP contribution in [0.25, 0.3) is 10.9 Å². The van der Waals surface area contributed by atoms with Crippen molar-refractivity contribution in [3.05, 3.63) is 117 Å². The van der Waals surface area contributed by atoms with Crippen molar-refractivity contribution in [2.24, 2.45) is 0 Å². The van der Waals surface area contributed by atoms with Gasteiger partial charge in [-0.1, -0.05) is 42.5 Å². The third kappa shape index (κ3) is 5.12. The monoisotopic (exact) mass is 537 g/mol. The predicted molar refractivity (Wildman–Crippen MR) is 154 cm³/mol. The van der Waals surface area contributed by atoms with E-state index in [4.69, 9.17) is 0 Å². The van der Waals surface area contributed by atoms with Gasteiger partial charge in [0.15, 0.2) is 5.82 Å². The molecule has 40 heavy (non-hydrogen) atoms. The number of hydrogen-bond donors (Lipinski definition) is 1. The van der Waals surface area contributed by atoms with Crippen LogP contribution in [0, 0.1) is 19.7 Å². The van der Waals surface area contributed by atoms with Crippen LogP contribution in [-0.2, 0) is 13.0 Å². The molecule has 0 spiro atoms. The summed E-state index contributed by atoms with van der Waals surface area (Å²) in [5, 5.41) is 13.8. The number of tetrazole rings is 1. The number of benzene rings is 3. The molecule has 0 aliphatic carbocycles. The van der Waals surface area contributed by atoms with E-state index in [-0.39, 0.29) is 11.4 Å². The van der Waals surface area contributed by atoms with Crippen molar-refractivity contribution in [2.75, 3.05) is 31.1 Å². The summed E-state index contributed by atoms with van der Waals surface area (Å²) in [5.74, 6) is 0.408. The van der Waals surface area contributed by atoms with Gasteiger partial charge in [0, 0.05) is 44.0 Å². The maximum absolute atomic E-state index is 13.7. The first kappa shape index (κ1) is 25.9. The van der Waals surface area contributed by atoms with Crippen LogP contribution in [0.4, 0.5) is 10.1 Å². The van der Waals surface area contributed by atoms with Crippen molar-refractivity contribution >= 4 is 16.6 Å². The van der Waals surface area contributed by atoms with Gasteiger partial charge in [0.2, 0.25) is 0 Å². The maximum Gasteiger partial charge on any atom is 0.253 e. The summed E-state index contributed by atoms with van der Waals surface area (Å²) >= 11 is 0. The Morgan fingerprint density at radius 1 is 0.950 bits per heavy atom. The zero-order chi connectivity index (χ0) is 27.6. The molecular formula is C31H32FN7O. The summed E-state index contributed by atoms with van der Waals surface area (Å²) in [7, 11) is 0. The summed E-state index contributed by atoms with van der Waals surface area (Å²) < 4.78 is 15.3. The van der Waals surface area contributed by atoms with E-state index in [9.17, 15) is 9.18 Å². The highest BCUT2D eigenvalue weighted by Gasteiger charge is 2.33. The van der Waals surface area contributed by atoms with Crippen molar-refractivity contribution in [1.82, 2.24) is 30.1 Å². The third-order valence-corrected chi connectivity index (χ3v) is 8.00. The SMILES string of the molecule is Cc1ccc2cc([C@@H](c3nnnn3CCc3ccccc3)N3CCN(c4ccc(F)cc4)CC3)c(=O)[nH]c2c1C. The van der Waals surface area contributed by atoms with Gasteiger partial charge in [-0.2, -0.15) is 0 Å². The summed E-state index contributed by atoms with van der Waals surface area (Å²) in [6.07, 6.45) is 0.774. The highest BCUT2D eigenvalue weighted by Crippen LogP contribution is 2.30. The Balaban J connectivity index is 1.36. The first-order valence-corrected chi connectivity index (χ1v) is 13.7. The van der Waals surface area contributed by atoms with Crippen LogP contribution in [0.5, 0.6) is 0 Å². The van der Waals surface area contributed by atoms with E-state index in [0.29, 0.717) is 31.0 Å². The average Bonchev–Trinajstić information content (AvgIpc) is 3.44. The molecule has 0 saturated carbocycles. The van der Waals surface area contributed by atoms with Gasteiger partial charge < -0.3 is 9.88 Å². The van der Waals surface area contributed by atoms with E-state index in [2.05, 4.69) is 54.6 Å². The Hall–Kier alpha value is -4.37. The number of anilines is 1. The van der Waals surface area contributed by atoms with Crippen LogP contribution >= 0.6 is 0 Å². The fraction of sp³-hybridized carbons (Fsp3) is 0.290. The number of nitrogens with one attached hydrogen (secondary N) is 1. The molecule has 1 aliphatic rings. The third-order valence-electron chi connectivity index (χ3n) is 8.00. The molecule has 0 amide bonds. The maximum atomic E-state index is 13.7. The van der Waals surface area contributed by atoms with Gasteiger partial charge in [-0.3, -0.25) is 9.69 Å². The van der Waals surface area contributed by atoms with Gasteiger partial charge in [-0.25, -0.2) is 9.07 Å². The second-order valence-electron chi connectivity index (χ2n) is 10.4. The van der Waals surface area contributed by atoms with E-state index in [1.54, 1.807) is 0 Å². The molecule has 6 rings (SSSR count). The number of H-pyrrole nitrogens is 1. The predicted octanol–water partition coefficient (Wildman–Crippen LogP) is 4.42. The number of aryl methyl sites for hydroxylation is 4. The van der Waals surface area contributed by atoms with Gasteiger partial charge in [0.05, 0.1) is 5.52 Å². The zero-order valence-electron chi connectivity index (χ0n) is 22.7. The molecule has 8 nitrogen and oxygen atoms in total. The van der Waals surface area contributed by atoms with Crippen LogP contribution < -0.4 is 10.5 Å². The number of hydrogen-bond acceptors (Lipinski definition) is 6. The second-order valence-corrected chi connectivity index (χ2v) is 10.4. The van der Waals surface area contributed by atoms with Crippen LogP contribution in [0.3, 0.4) is 0 Å². The molecule has 9 heteroatoms. The number of halogens is 1. The Kier molecular flexibility index (Phi) is 7.13. The average molecular weight is 538 g/mol. The standard InChI is InChI=1S/C31H32FN7O/c1-21-8-9-24-20-27(31(40)33-28(24)22(21)2)29(30-34-35-36-39(30)15-14-23-6-4-3-5-7-23)38-18-16-37(17-19-38)26-12-10-25(32)11-13-26/h3-13,20,29H,14-19H2,1-2H3,(H,33,40)/t29-/m0/s1. The Bertz CT molecular complexity index is 1670. The summed E-state index contributed by atoms with van der Waals surface area (Å²) in [6.45, 7) is 7.53. The highest BCUT2D eigenvalue weighted by molar-refractivity contribution is 5.83. The van der Waals surface area contributed by atoms with E-state index in [1.807, 2.05) is 54.9 Å². The van der Waals surface area contributed by atoms with Crippen molar-refractivity contribution < 1.29 is 4.39 Å². The van der Waals surface area contributed by atoms with Crippen LogP contribution in [0.2, 0.25) is 0 Å². The molecule has 3 heterocycles. The lowest BCUT2D eigenvalue weighted by Gasteiger charge is -2.39. The largest absolute Gasteiger partial charge is 0.369 e. The molecule has 5 aromatic rings. The number of piperazine rings is 1. The molecule has 1 aliphatic heterocycles. The van der Waals surface area contributed by atoms with Gasteiger partial charge in [0.25, 0.3) is 5.56 Å². The molecular weight excluding hydrogens is 505 g/mol. The second kappa shape index (κ2) is 11.0. The van der Waals surface area contributed by atoms with Crippen LogP contribution in [0.15, 0.2) is 77.6 Å². The summed E-state index contributed by atoms with van der Waals surface area (Å²) in [6, 6.07) is 22.5. The Morgan fingerprint density at radius 2 is 1.70 bits per heavy atom. The number of nitrogens with zero attached hydrogens (tertiary/aromatic N) is 6. The lowest BCUT2D eigenvalue weighted by molar-refractivity contribution is 0.199. The minimum atomic E-state index is -0.420. The lowest BCUT2D eigenvalue weighted by Crippen LogP contribution is -2.49. The van der Waals surface area contributed by atoms with E-state index >= 15 is 0 Å². The normalized spacial score (nSPS) is 15.0. The van der Waals surface area contributed by atoms with Crippen molar-refractivity contribution in [2.45, 2.75) is 32.9 Å². The molecule has 0 unspecified atom stereocenters. The quantitative estimate of drug-likeness (QED) is 0.331. The first-order valence-electron chi connectivity index (χ1n) is 13.7. The topological polar surface area (TPSA) is 82.9 Å². The molecule has 1 fully saturated rings. The van der Waals surface area contributed by atoms with Gasteiger partial charge in [-0.05, 0) is 83.1 Å². The van der Waals surface area contributed by atoms with E-state index in [0.717, 1.165) is 47.2 Å². The molecule has 2 aromatic heterocycles. The molecule has 3 aromatic carbocycles. The fourth-order valence-corrected chi connectivity index (χ4v) is 5.58. The number of fused-ring (bicyclic) bond motifs is 1. The minimum Gasteiger partial charge on any atom is -0.369 e. The highest BCUT2D eigenvalue weighted by atomic mass is 19.1. The van der Waals surface area contributed by atoms with Crippen molar-refractivity contribution in [3.8, 4) is 0 Å². The number of aromatic amines is 1. The number of rotatable bonds is 7. The molecule has 1 saturated heterocycles. The Morgan fingerprint density at radius 3 is 2.45 bits per heavy atom. The van der Waals surface area contributed by atoms with Gasteiger partial charge >= 0.3 is 0 Å². The number of aromatic nitrogens is 5. The molecule has 0 bridgehead atoms. The van der Waals surface area contributed by atoms with Crippen LogP contribution in [0.1, 0.15) is 34.1 Å². The van der Waals surface area contributed by atoms with Crippen molar-refractivity contribution in [3.63, 3.8) is 0 Å². The van der Waals surface area contributed by atoms with Crippen molar-refractivity contribution in [1.29, 1.82) is 0 Å². The minimum absolute atomic E-state index is 0.134. The molecule has 1 atom stereocenters. The van der Waals surface area contributed by atoms with E-state index < -0.39 is 6.04 Å². The zero-order valence-corrected chi connectivity index (χ0v) is 22.7. The number of pyridine rings is 1. The first-order chi connectivity index (χ1) is 19.5. The fourth-order valence-electron chi connectivity index (χ4n) is 5.58. The summed E-state index contributed by atoms with van der Waals surface area (Å²) in [4.78, 5) is 21.4. The Labute approximate surface area is 232 Å². The van der Waals surface area contributed by atoms with Crippen LogP contribution in [-0.4, -0.2) is 56.3 Å². The lowest BCUT2D eigenvalue weighted by atomic mass is 9.99. The molecule has 204 valence electrons. The molecule has 0 radical (unpaired) electrons. The summed E-state index contributed by atoms with van der Waals surface area (Å²) in [5.41, 5.74) is 5.74. The van der Waals surface area contributed by atoms with Gasteiger partial charge in [0.1, 0.15) is 11.9 Å². The van der Waals surface area contributed by atoms with E-state index in [1.165, 1.54) is 17.7 Å². The smallest absolute Gasteiger partial charge is 0.253 e.